The van der Waals surface area contributed by atoms with Crippen LogP contribution < -0.4 is 5.32 Å². The van der Waals surface area contributed by atoms with Gasteiger partial charge in [-0.15, -0.1) is 0 Å². The molecule has 7 heteroatoms. The molecule has 1 aromatic heterocycles. The monoisotopic (exact) mass is 340 g/mol. The lowest BCUT2D eigenvalue weighted by molar-refractivity contribution is -0.125. The highest BCUT2D eigenvalue weighted by Crippen LogP contribution is 2.31. The Morgan fingerprint density at radius 2 is 1.96 bits per heavy atom. The highest BCUT2D eigenvalue weighted by molar-refractivity contribution is 7.88. The molecule has 0 spiro atoms. The Bertz CT molecular complexity index is 676. The standard InChI is InChI=1S/C16H24N2O4S/c1-11-7-8-15(22-11)13-9-18(23(2,20)21)10-14(13)17-16(19)12-5-3-4-6-12/h7-8,12-14H,3-6,9-10H2,1-2H3,(H,17,19). The molecule has 1 N–H and O–H groups in total. The van der Waals surface area contributed by atoms with Crippen molar-refractivity contribution in [2.75, 3.05) is 19.3 Å². The van der Waals surface area contributed by atoms with Crippen LogP contribution in [0.3, 0.4) is 0 Å². The molecular weight excluding hydrogens is 316 g/mol. The van der Waals surface area contributed by atoms with Gasteiger partial charge in [0.25, 0.3) is 0 Å². The third-order valence-corrected chi connectivity index (χ3v) is 6.17. The second-order valence-electron chi connectivity index (χ2n) is 6.73. The lowest BCUT2D eigenvalue weighted by Gasteiger charge is -2.20. The van der Waals surface area contributed by atoms with Crippen molar-refractivity contribution in [3.63, 3.8) is 0 Å². The second kappa shape index (κ2) is 6.28. The molecule has 3 rings (SSSR count). The Kier molecular flexibility index (Phi) is 4.51. The van der Waals surface area contributed by atoms with Gasteiger partial charge in [-0.05, 0) is 31.9 Å². The molecule has 0 aromatic carbocycles. The summed E-state index contributed by atoms with van der Waals surface area (Å²) >= 11 is 0. The summed E-state index contributed by atoms with van der Waals surface area (Å²) in [5.74, 6) is 1.52. The SMILES string of the molecule is Cc1ccc(C2CN(S(C)(=O)=O)CC2NC(=O)C2CCCC2)o1. The Morgan fingerprint density at radius 3 is 2.52 bits per heavy atom. The Morgan fingerprint density at radius 1 is 1.26 bits per heavy atom. The molecule has 128 valence electrons. The van der Waals surface area contributed by atoms with Gasteiger partial charge < -0.3 is 9.73 Å². The van der Waals surface area contributed by atoms with Gasteiger partial charge >= 0.3 is 0 Å². The van der Waals surface area contributed by atoms with Crippen molar-refractivity contribution >= 4 is 15.9 Å². The van der Waals surface area contributed by atoms with E-state index in [1.165, 1.54) is 10.6 Å². The lowest BCUT2D eigenvalue weighted by atomic mass is 9.99. The highest BCUT2D eigenvalue weighted by Gasteiger charge is 2.41. The maximum Gasteiger partial charge on any atom is 0.223 e. The van der Waals surface area contributed by atoms with Gasteiger partial charge in [-0.25, -0.2) is 8.42 Å². The molecule has 2 fully saturated rings. The van der Waals surface area contributed by atoms with E-state index >= 15 is 0 Å². The van der Waals surface area contributed by atoms with E-state index in [1.54, 1.807) is 0 Å². The molecule has 1 aromatic rings. The molecule has 1 amide bonds. The van der Waals surface area contributed by atoms with E-state index in [2.05, 4.69) is 5.32 Å². The molecule has 6 nitrogen and oxygen atoms in total. The maximum atomic E-state index is 12.4. The van der Waals surface area contributed by atoms with E-state index < -0.39 is 10.0 Å². The molecule has 1 aliphatic carbocycles. The lowest BCUT2D eigenvalue weighted by Crippen LogP contribution is -2.42. The first-order valence-corrected chi connectivity index (χ1v) is 10.0. The fourth-order valence-electron chi connectivity index (χ4n) is 3.61. The van der Waals surface area contributed by atoms with Crippen LogP contribution in [0.25, 0.3) is 0 Å². The molecule has 2 atom stereocenters. The summed E-state index contributed by atoms with van der Waals surface area (Å²) in [6.45, 7) is 2.52. The van der Waals surface area contributed by atoms with E-state index in [4.69, 9.17) is 4.42 Å². The molecule has 1 saturated carbocycles. The minimum absolute atomic E-state index is 0.0520. The van der Waals surface area contributed by atoms with Crippen molar-refractivity contribution in [3.05, 3.63) is 23.7 Å². The van der Waals surface area contributed by atoms with Gasteiger partial charge in [0.2, 0.25) is 15.9 Å². The normalized spacial score (nSPS) is 26.7. The molecule has 1 aliphatic heterocycles. The number of carbonyl (C=O) groups is 1. The third-order valence-electron chi connectivity index (χ3n) is 4.94. The minimum atomic E-state index is -3.28. The van der Waals surface area contributed by atoms with E-state index in [-0.39, 0.29) is 23.8 Å². The van der Waals surface area contributed by atoms with Crippen LogP contribution in [0.4, 0.5) is 0 Å². The zero-order chi connectivity index (χ0) is 16.6. The first kappa shape index (κ1) is 16.5. The fourth-order valence-corrected chi connectivity index (χ4v) is 4.48. The minimum Gasteiger partial charge on any atom is -0.466 e. The molecule has 2 heterocycles. The second-order valence-corrected chi connectivity index (χ2v) is 8.71. The number of hydrogen-bond acceptors (Lipinski definition) is 4. The predicted molar refractivity (Wildman–Crippen MR) is 86.5 cm³/mol. The van der Waals surface area contributed by atoms with Crippen molar-refractivity contribution in [1.82, 2.24) is 9.62 Å². The summed E-state index contributed by atoms with van der Waals surface area (Å²) in [6, 6.07) is 3.51. The van der Waals surface area contributed by atoms with Crippen LogP contribution in [0, 0.1) is 12.8 Å². The average molecular weight is 340 g/mol. The van der Waals surface area contributed by atoms with Crippen LogP contribution in [-0.4, -0.2) is 44.0 Å². The Labute approximate surface area is 137 Å². The fraction of sp³-hybridized carbons (Fsp3) is 0.688. The van der Waals surface area contributed by atoms with Gasteiger partial charge in [-0.2, -0.15) is 4.31 Å². The number of aryl methyl sites for hydroxylation is 1. The summed E-state index contributed by atoms with van der Waals surface area (Å²) in [5, 5.41) is 3.08. The number of sulfonamides is 1. The van der Waals surface area contributed by atoms with Crippen molar-refractivity contribution < 1.29 is 17.6 Å². The number of furan rings is 1. The van der Waals surface area contributed by atoms with Crippen molar-refractivity contribution in [1.29, 1.82) is 0 Å². The van der Waals surface area contributed by atoms with E-state index in [0.717, 1.165) is 37.2 Å². The van der Waals surface area contributed by atoms with Crippen molar-refractivity contribution in [2.24, 2.45) is 5.92 Å². The molecule has 2 unspecified atom stereocenters. The highest BCUT2D eigenvalue weighted by atomic mass is 32.2. The third kappa shape index (κ3) is 3.61. The predicted octanol–water partition coefficient (Wildman–Crippen LogP) is 1.62. The summed E-state index contributed by atoms with van der Waals surface area (Å²) in [7, 11) is -3.28. The maximum absolute atomic E-state index is 12.4. The molecule has 1 saturated heterocycles. The first-order valence-electron chi connectivity index (χ1n) is 8.16. The average Bonchev–Trinajstić information content (AvgIpc) is 3.16. The van der Waals surface area contributed by atoms with Gasteiger partial charge in [-0.1, -0.05) is 12.8 Å². The zero-order valence-electron chi connectivity index (χ0n) is 13.6. The van der Waals surface area contributed by atoms with E-state index in [9.17, 15) is 13.2 Å². The largest absolute Gasteiger partial charge is 0.466 e. The van der Waals surface area contributed by atoms with Crippen molar-refractivity contribution in [2.45, 2.75) is 44.6 Å². The van der Waals surface area contributed by atoms with Crippen molar-refractivity contribution in [3.8, 4) is 0 Å². The van der Waals surface area contributed by atoms with Crippen LogP contribution in [-0.2, 0) is 14.8 Å². The summed E-state index contributed by atoms with van der Waals surface area (Å²) in [6.07, 6.45) is 5.26. The summed E-state index contributed by atoms with van der Waals surface area (Å²) < 4.78 is 30.9. The molecular formula is C16H24N2O4S. The topological polar surface area (TPSA) is 79.6 Å². The molecule has 0 bridgehead atoms. The molecule has 2 aliphatic rings. The number of amides is 1. The number of nitrogens with zero attached hydrogens (tertiary/aromatic N) is 1. The van der Waals surface area contributed by atoms with Gasteiger partial charge in [0.05, 0.1) is 18.2 Å². The van der Waals surface area contributed by atoms with Gasteiger partial charge in [0, 0.05) is 19.0 Å². The van der Waals surface area contributed by atoms with Gasteiger partial charge in [0.15, 0.2) is 0 Å². The smallest absolute Gasteiger partial charge is 0.223 e. The van der Waals surface area contributed by atoms with Gasteiger partial charge in [0.1, 0.15) is 11.5 Å². The number of nitrogens with one attached hydrogen (secondary N) is 1. The first-order chi connectivity index (χ1) is 10.8. The molecule has 23 heavy (non-hydrogen) atoms. The van der Waals surface area contributed by atoms with E-state index in [0.29, 0.717) is 13.1 Å². The quantitative estimate of drug-likeness (QED) is 0.903. The molecule has 0 radical (unpaired) electrons. The summed E-state index contributed by atoms with van der Waals surface area (Å²) in [5.41, 5.74) is 0. The van der Waals surface area contributed by atoms with Gasteiger partial charge in [-0.3, -0.25) is 4.79 Å². The zero-order valence-corrected chi connectivity index (χ0v) is 14.4. The number of carbonyl (C=O) groups excluding carboxylic acids is 1. The summed E-state index contributed by atoms with van der Waals surface area (Å²) in [4.78, 5) is 12.4. The Hall–Kier alpha value is -1.34. The van der Waals surface area contributed by atoms with Crippen LogP contribution in [0.5, 0.6) is 0 Å². The van der Waals surface area contributed by atoms with Crippen LogP contribution >= 0.6 is 0 Å². The number of hydrogen-bond donors (Lipinski definition) is 1. The van der Waals surface area contributed by atoms with E-state index in [1.807, 2.05) is 19.1 Å². The number of rotatable bonds is 4. The Balaban J connectivity index is 1.77. The van der Waals surface area contributed by atoms with Crippen LogP contribution in [0.2, 0.25) is 0 Å². The van der Waals surface area contributed by atoms with Crippen LogP contribution in [0.1, 0.15) is 43.1 Å². The van der Waals surface area contributed by atoms with Crippen LogP contribution in [0.15, 0.2) is 16.5 Å².